The summed E-state index contributed by atoms with van der Waals surface area (Å²) >= 11 is 11.2. The molecule has 2 aromatic carbocycles. The van der Waals surface area contributed by atoms with Crippen LogP contribution in [-0.4, -0.2) is 23.0 Å². The monoisotopic (exact) mass is 341 g/mol. The Morgan fingerprint density at radius 3 is 2.23 bits per heavy atom. The maximum atomic E-state index is 13.3. The summed E-state index contributed by atoms with van der Waals surface area (Å²) in [7, 11) is 0. The standard InChI is InChI=1S/C15H10Cl2FNO3/c16-10-4-1-8(2-5-10)14(21)19-15(22)13(20)9-3-6-11(17)12(18)7-9/h1-7,15,22H,(H,19,21). The van der Waals surface area contributed by atoms with Gasteiger partial charge in [-0.1, -0.05) is 23.2 Å². The van der Waals surface area contributed by atoms with E-state index in [1.807, 2.05) is 0 Å². The maximum Gasteiger partial charge on any atom is 0.253 e. The second-order valence-electron chi connectivity index (χ2n) is 4.38. The van der Waals surface area contributed by atoms with Gasteiger partial charge in [0.1, 0.15) is 5.82 Å². The summed E-state index contributed by atoms with van der Waals surface area (Å²) in [6, 6.07) is 9.22. The molecule has 0 aromatic heterocycles. The lowest BCUT2D eigenvalue weighted by molar-refractivity contribution is 0.0607. The summed E-state index contributed by atoms with van der Waals surface area (Å²) in [6.07, 6.45) is -1.80. The normalized spacial score (nSPS) is 11.8. The highest BCUT2D eigenvalue weighted by Crippen LogP contribution is 2.16. The minimum absolute atomic E-state index is 0.106. The van der Waals surface area contributed by atoms with Crippen LogP contribution in [0.4, 0.5) is 4.39 Å². The molecule has 4 nitrogen and oxygen atoms in total. The number of hydrogen-bond acceptors (Lipinski definition) is 3. The van der Waals surface area contributed by atoms with E-state index in [0.29, 0.717) is 5.02 Å². The van der Waals surface area contributed by atoms with E-state index in [9.17, 15) is 19.1 Å². The minimum atomic E-state index is -1.80. The largest absolute Gasteiger partial charge is 0.367 e. The van der Waals surface area contributed by atoms with E-state index >= 15 is 0 Å². The molecule has 7 heteroatoms. The Morgan fingerprint density at radius 2 is 1.64 bits per heavy atom. The molecule has 0 aliphatic heterocycles. The van der Waals surface area contributed by atoms with Crippen LogP contribution in [0.15, 0.2) is 42.5 Å². The average Bonchev–Trinajstić information content (AvgIpc) is 2.49. The number of carbonyl (C=O) groups is 2. The van der Waals surface area contributed by atoms with Gasteiger partial charge in [0.25, 0.3) is 5.91 Å². The number of ketones is 1. The molecular formula is C15H10Cl2FNO3. The highest BCUT2D eigenvalue weighted by atomic mass is 35.5. The first-order valence-corrected chi connectivity index (χ1v) is 6.88. The van der Waals surface area contributed by atoms with Crippen LogP contribution in [0.1, 0.15) is 20.7 Å². The molecule has 0 saturated carbocycles. The summed E-state index contributed by atoms with van der Waals surface area (Å²) in [5, 5.41) is 12.2. The van der Waals surface area contributed by atoms with Gasteiger partial charge in [0.15, 0.2) is 6.23 Å². The number of rotatable bonds is 4. The lowest BCUT2D eigenvalue weighted by Gasteiger charge is -2.12. The highest BCUT2D eigenvalue weighted by molar-refractivity contribution is 6.31. The Hall–Kier alpha value is -1.95. The molecule has 1 unspecified atom stereocenters. The van der Waals surface area contributed by atoms with E-state index in [-0.39, 0.29) is 16.1 Å². The SMILES string of the molecule is O=C(NC(O)C(=O)c1ccc(Cl)c(F)c1)c1ccc(Cl)cc1. The average molecular weight is 342 g/mol. The third kappa shape index (κ3) is 3.82. The van der Waals surface area contributed by atoms with Crippen LogP contribution in [-0.2, 0) is 0 Å². The highest BCUT2D eigenvalue weighted by Gasteiger charge is 2.21. The number of carbonyl (C=O) groups excluding carboxylic acids is 2. The van der Waals surface area contributed by atoms with Crippen molar-refractivity contribution in [2.45, 2.75) is 6.23 Å². The Morgan fingerprint density at radius 1 is 1.05 bits per heavy atom. The Bertz CT molecular complexity index is 719. The van der Waals surface area contributed by atoms with E-state index in [1.165, 1.54) is 36.4 Å². The number of halogens is 3. The molecule has 0 radical (unpaired) electrons. The summed E-state index contributed by atoms with van der Waals surface area (Å²) in [5.74, 6) is -2.30. The van der Waals surface area contributed by atoms with Crippen molar-refractivity contribution in [2.75, 3.05) is 0 Å². The first-order chi connectivity index (χ1) is 10.4. The van der Waals surface area contributed by atoms with E-state index in [1.54, 1.807) is 0 Å². The molecule has 2 rings (SSSR count). The summed E-state index contributed by atoms with van der Waals surface area (Å²) in [5.41, 5.74) is 0.115. The van der Waals surface area contributed by atoms with Crippen molar-refractivity contribution < 1.29 is 19.1 Å². The molecule has 114 valence electrons. The van der Waals surface area contributed by atoms with Gasteiger partial charge in [-0.3, -0.25) is 9.59 Å². The lowest BCUT2D eigenvalue weighted by atomic mass is 10.1. The topological polar surface area (TPSA) is 66.4 Å². The van der Waals surface area contributed by atoms with E-state index < -0.39 is 23.7 Å². The Balaban J connectivity index is 2.09. The first kappa shape index (κ1) is 16.4. The van der Waals surface area contributed by atoms with Crippen molar-refractivity contribution in [1.29, 1.82) is 0 Å². The van der Waals surface area contributed by atoms with Gasteiger partial charge >= 0.3 is 0 Å². The van der Waals surface area contributed by atoms with Gasteiger partial charge in [-0.25, -0.2) is 4.39 Å². The molecule has 22 heavy (non-hydrogen) atoms. The lowest BCUT2D eigenvalue weighted by Crippen LogP contribution is -2.40. The van der Waals surface area contributed by atoms with Crippen LogP contribution in [0.3, 0.4) is 0 Å². The number of nitrogens with one attached hydrogen (secondary N) is 1. The summed E-state index contributed by atoms with van der Waals surface area (Å²) in [4.78, 5) is 23.8. The van der Waals surface area contributed by atoms with Gasteiger partial charge < -0.3 is 10.4 Å². The van der Waals surface area contributed by atoms with Crippen molar-refractivity contribution >= 4 is 34.9 Å². The van der Waals surface area contributed by atoms with Crippen molar-refractivity contribution in [3.63, 3.8) is 0 Å². The Labute approximate surface area is 135 Å². The molecule has 0 bridgehead atoms. The predicted octanol–water partition coefficient (Wildman–Crippen LogP) is 3.06. The fraction of sp³-hybridized carbons (Fsp3) is 0.0667. The van der Waals surface area contributed by atoms with Crippen LogP contribution >= 0.6 is 23.2 Å². The van der Waals surface area contributed by atoms with Gasteiger partial charge in [0.05, 0.1) is 5.02 Å². The molecule has 1 amide bonds. The molecule has 2 aromatic rings. The van der Waals surface area contributed by atoms with Crippen molar-refractivity contribution in [3.8, 4) is 0 Å². The number of aliphatic hydroxyl groups excluding tert-OH is 1. The smallest absolute Gasteiger partial charge is 0.253 e. The zero-order chi connectivity index (χ0) is 16.3. The molecule has 2 N–H and O–H groups in total. The fourth-order valence-electron chi connectivity index (χ4n) is 1.68. The summed E-state index contributed by atoms with van der Waals surface area (Å²) in [6.45, 7) is 0. The molecule has 1 atom stereocenters. The molecule has 0 aliphatic carbocycles. The van der Waals surface area contributed by atoms with Gasteiger partial charge in [-0.2, -0.15) is 0 Å². The van der Waals surface area contributed by atoms with Crippen LogP contribution in [0.2, 0.25) is 10.0 Å². The first-order valence-electron chi connectivity index (χ1n) is 6.12. The number of aliphatic hydroxyl groups is 1. The predicted molar refractivity (Wildman–Crippen MR) is 80.7 cm³/mol. The van der Waals surface area contributed by atoms with Gasteiger partial charge in [-0.05, 0) is 42.5 Å². The van der Waals surface area contributed by atoms with E-state index in [2.05, 4.69) is 5.32 Å². The Kier molecular flexibility index (Phi) is 5.13. The number of hydrogen-bond donors (Lipinski definition) is 2. The van der Waals surface area contributed by atoms with Crippen LogP contribution in [0.5, 0.6) is 0 Å². The van der Waals surface area contributed by atoms with E-state index in [0.717, 1.165) is 6.07 Å². The molecule has 0 aliphatic rings. The number of amides is 1. The molecular weight excluding hydrogens is 332 g/mol. The number of benzene rings is 2. The quantitative estimate of drug-likeness (QED) is 0.663. The molecule has 0 heterocycles. The van der Waals surface area contributed by atoms with Crippen LogP contribution in [0, 0.1) is 5.82 Å². The van der Waals surface area contributed by atoms with Crippen LogP contribution < -0.4 is 5.32 Å². The fourth-order valence-corrected chi connectivity index (χ4v) is 1.93. The molecule has 0 spiro atoms. The van der Waals surface area contributed by atoms with Crippen molar-refractivity contribution in [1.82, 2.24) is 5.32 Å². The van der Waals surface area contributed by atoms with Crippen molar-refractivity contribution in [3.05, 3.63) is 69.5 Å². The van der Waals surface area contributed by atoms with E-state index in [4.69, 9.17) is 23.2 Å². The number of Topliss-reactive ketones (excluding diaryl/α,β-unsaturated/α-hetero) is 1. The summed E-state index contributed by atoms with van der Waals surface area (Å²) < 4.78 is 13.3. The van der Waals surface area contributed by atoms with Crippen LogP contribution in [0.25, 0.3) is 0 Å². The minimum Gasteiger partial charge on any atom is -0.367 e. The molecule has 0 saturated heterocycles. The molecule has 0 fully saturated rings. The second-order valence-corrected chi connectivity index (χ2v) is 5.22. The second kappa shape index (κ2) is 6.87. The third-order valence-electron chi connectivity index (χ3n) is 2.83. The van der Waals surface area contributed by atoms with Crippen molar-refractivity contribution in [2.24, 2.45) is 0 Å². The maximum absolute atomic E-state index is 13.3. The van der Waals surface area contributed by atoms with Gasteiger partial charge in [-0.15, -0.1) is 0 Å². The zero-order valence-electron chi connectivity index (χ0n) is 11.0. The van der Waals surface area contributed by atoms with Gasteiger partial charge in [0.2, 0.25) is 5.78 Å². The zero-order valence-corrected chi connectivity index (χ0v) is 12.5. The van der Waals surface area contributed by atoms with Gasteiger partial charge in [0, 0.05) is 16.1 Å². The third-order valence-corrected chi connectivity index (χ3v) is 3.39.